The first-order valence-corrected chi connectivity index (χ1v) is 11.4. The monoisotopic (exact) mass is 426 g/mol. The van der Waals surface area contributed by atoms with Crippen LogP contribution in [0.4, 0.5) is 5.69 Å². The molecule has 2 saturated carbocycles. The number of amides is 3. The Labute approximate surface area is 187 Å². The molecule has 1 saturated heterocycles. The van der Waals surface area contributed by atoms with Crippen LogP contribution in [-0.2, 0) is 9.59 Å². The standard InChI is InChI=1S/C27H26N2O3/c1-15-8-11-22(16(2)12-15)28(25(30)17-6-4-3-5-7-17)14-29-26(31)23-18-9-10-19(21-13-20(18)21)24(23)27(29)32/h3-12,18-21,23-24H,13-14H2,1-2H3/t18-,19-,20-,21+,23+,24+/m0/s1. The highest BCUT2D eigenvalue weighted by Gasteiger charge is 2.67. The minimum Gasteiger partial charge on any atom is -0.289 e. The molecule has 0 spiro atoms. The number of hydrogen-bond acceptors (Lipinski definition) is 3. The van der Waals surface area contributed by atoms with E-state index in [0.717, 1.165) is 23.2 Å². The Bertz CT molecular complexity index is 1130. The predicted octanol–water partition coefficient (Wildman–Crippen LogP) is 3.96. The number of imide groups is 1. The van der Waals surface area contributed by atoms with Gasteiger partial charge in [-0.3, -0.25) is 24.2 Å². The summed E-state index contributed by atoms with van der Waals surface area (Å²) in [5.74, 6) is 0.529. The van der Waals surface area contributed by atoms with E-state index >= 15 is 0 Å². The Morgan fingerprint density at radius 3 is 2.16 bits per heavy atom. The maximum Gasteiger partial charge on any atom is 0.259 e. The number of aryl methyl sites for hydroxylation is 2. The van der Waals surface area contributed by atoms with E-state index in [9.17, 15) is 14.4 Å². The summed E-state index contributed by atoms with van der Waals surface area (Å²) in [4.78, 5) is 43.5. The smallest absolute Gasteiger partial charge is 0.259 e. The Kier molecular flexibility index (Phi) is 4.19. The highest BCUT2D eigenvalue weighted by Crippen LogP contribution is 2.65. The van der Waals surface area contributed by atoms with Crippen LogP contribution in [-0.4, -0.2) is 29.3 Å². The number of benzene rings is 2. The molecule has 0 N–H and O–H groups in total. The number of anilines is 1. The van der Waals surface area contributed by atoms with Gasteiger partial charge in [0.15, 0.2) is 0 Å². The molecular formula is C27H26N2O3. The lowest BCUT2D eigenvalue weighted by Crippen LogP contribution is -2.45. The van der Waals surface area contributed by atoms with Crippen molar-refractivity contribution in [2.75, 3.05) is 11.6 Å². The first-order chi connectivity index (χ1) is 15.5. The van der Waals surface area contributed by atoms with Crippen molar-refractivity contribution in [1.82, 2.24) is 4.90 Å². The number of nitrogens with zero attached hydrogens (tertiary/aromatic N) is 2. The van der Waals surface area contributed by atoms with Crippen LogP contribution < -0.4 is 4.90 Å². The van der Waals surface area contributed by atoms with Gasteiger partial charge >= 0.3 is 0 Å². The lowest BCUT2D eigenvalue weighted by Gasteiger charge is -2.37. The van der Waals surface area contributed by atoms with Gasteiger partial charge in [0.2, 0.25) is 11.8 Å². The van der Waals surface area contributed by atoms with Crippen molar-refractivity contribution in [3.63, 3.8) is 0 Å². The van der Waals surface area contributed by atoms with E-state index in [2.05, 4.69) is 12.2 Å². The molecule has 2 aromatic carbocycles. The average Bonchev–Trinajstić information content (AvgIpc) is 3.58. The molecule has 3 amide bonds. The van der Waals surface area contributed by atoms with E-state index in [4.69, 9.17) is 0 Å². The highest BCUT2D eigenvalue weighted by molar-refractivity contribution is 6.10. The molecule has 0 unspecified atom stereocenters. The third kappa shape index (κ3) is 2.73. The lowest BCUT2D eigenvalue weighted by atomic mass is 9.63. The van der Waals surface area contributed by atoms with Gasteiger partial charge in [0.25, 0.3) is 5.91 Å². The fourth-order valence-corrected chi connectivity index (χ4v) is 6.39. The molecule has 3 fully saturated rings. The maximum atomic E-state index is 13.6. The fourth-order valence-electron chi connectivity index (χ4n) is 6.39. The van der Waals surface area contributed by atoms with E-state index in [0.29, 0.717) is 17.4 Å². The SMILES string of the molecule is Cc1ccc(N(CN2C(=O)[C@@H]3[C@H]4C=C[C@@H]([C@@H]5C[C@H]45)[C@H]3C2=O)C(=O)c2ccccc2)c(C)c1. The quantitative estimate of drug-likeness (QED) is 0.549. The molecule has 7 rings (SSSR count). The van der Waals surface area contributed by atoms with Crippen LogP contribution in [0.15, 0.2) is 60.7 Å². The van der Waals surface area contributed by atoms with Crippen molar-refractivity contribution in [2.45, 2.75) is 20.3 Å². The van der Waals surface area contributed by atoms with E-state index in [1.165, 1.54) is 4.90 Å². The van der Waals surface area contributed by atoms with Crippen LogP contribution >= 0.6 is 0 Å². The Hall–Kier alpha value is -3.21. The Morgan fingerprint density at radius 1 is 0.938 bits per heavy atom. The topological polar surface area (TPSA) is 57.7 Å². The number of hydrogen-bond donors (Lipinski definition) is 0. The van der Waals surface area contributed by atoms with Gasteiger partial charge in [-0.2, -0.15) is 0 Å². The molecule has 5 aliphatic rings. The second kappa shape index (κ2) is 6.89. The first kappa shape index (κ1) is 19.5. The van der Waals surface area contributed by atoms with Gasteiger partial charge in [0.05, 0.1) is 11.8 Å². The van der Waals surface area contributed by atoms with Crippen LogP contribution in [0.3, 0.4) is 0 Å². The summed E-state index contributed by atoms with van der Waals surface area (Å²) in [7, 11) is 0. The largest absolute Gasteiger partial charge is 0.289 e. The summed E-state index contributed by atoms with van der Waals surface area (Å²) < 4.78 is 0. The molecule has 1 aliphatic heterocycles. The van der Waals surface area contributed by atoms with Crippen molar-refractivity contribution in [3.05, 3.63) is 77.4 Å². The summed E-state index contributed by atoms with van der Waals surface area (Å²) in [5.41, 5.74) is 3.30. The van der Waals surface area contributed by atoms with Gasteiger partial charge in [-0.1, -0.05) is 48.0 Å². The summed E-state index contributed by atoms with van der Waals surface area (Å²) >= 11 is 0. The van der Waals surface area contributed by atoms with Gasteiger partial charge < -0.3 is 0 Å². The summed E-state index contributed by atoms with van der Waals surface area (Å²) in [6.07, 6.45) is 5.48. The average molecular weight is 427 g/mol. The molecule has 4 aliphatic carbocycles. The number of rotatable bonds is 4. The molecule has 6 atom stereocenters. The van der Waals surface area contributed by atoms with Gasteiger partial charge in [-0.05, 0) is 67.7 Å². The van der Waals surface area contributed by atoms with Gasteiger partial charge in [-0.25, -0.2) is 0 Å². The van der Waals surface area contributed by atoms with Gasteiger partial charge in [0.1, 0.15) is 6.67 Å². The summed E-state index contributed by atoms with van der Waals surface area (Å²) in [5, 5.41) is 0. The van der Waals surface area contributed by atoms with E-state index < -0.39 is 0 Å². The second-order valence-electron chi connectivity index (χ2n) is 9.79. The van der Waals surface area contributed by atoms with Crippen molar-refractivity contribution in [3.8, 4) is 0 Å². The van der Waals surface area contributed by atoms with E-state index in [1.54, 1.807) is 17.0 Å². The van der Waals surface area contributed by atoms with Crippen LogP contribution in [0.1, 0.15) is 27.9 Å². The third-order valence-corrected chi connectivity index (χ3v) is 7.95. The van der Waals surface area contributed by atoms with Gasteiger partial charge in [-0.15, -0.1) is 0 Å². The van der Waals surface area contributed by atoms with Crippen molar-refractivity contribution >= 4 is 23.4 Å². The number of likely N-dealkylation sites (tertiary alicyclic amines) is 1. The molecule has 5 heteroatoms. The molecule has 2 bridgehead atoms. The van der Waals surface area contributed by atoms with Gasteiger partial charge in [0, 0.05) is 11.3 Å². The van der Waals surface area contributed by atoms with Crippen LogP contribution in [0.25, 0.3) is 0 Å². The zero-order chi connectivity index (χ0) is 22.1. The minimum absolute atomic E-state index is 0.0446. The molecule has 2 aromatic rings. The predicted molar refractivity (Wildman–Crippen MR) is 121 cm³/mol. The number of carbonyl (C=O) groups excluding carboxylic acids is 3. The summed E-state index contributed by atoms with van der Waals surface area (Å²) in [6, 6.07) is 14.9. The number of allylic oxidation sites excluding steroid dienone is 2. The summed E-state index contributed by atoms with van der Waals surface area (Å²) in [6.45, 7) is 3.92. The molecule has 0 radical (unpaired) electrons. The zero-order valence-electron chi connectivity index (χ0n) is 18.3. The molecular weight excluding hydrogens is 400 g/mol. The maximum absolute atomic E-state index is 13.6. The van der Waals surface area contributed by atoms with E-state index in [-0.39, 0.29) is 48.1 Å². The molecule has 0 aromatic heterocycles. The minimum atomic E-state index is -0.256. The van der Waals surface area contributed by atoms with Crippen molar-refractivity contribution < 1.29 is 14.4 Å². The van der Waals surface area contributed by atoms with E-state index in [1.807, 2.05) is 50.2 Å². The Morgan fingerprint density at radius 2 is 1.56 bits per heavy atom. The lowest BCUT2D eigenvalue weighted by molar-refractivity contribution is -0.140. The highest BCUT2D eigenvalue weighted by atomic mass is 16.2. The van der Waals surface area contributed by atoms with Crippen LogP contribution in [0, 0.1) is 49.4 Å². The third-order valence-electron chi connectivity index (χ3n) is 7.95. The molecule has 1 heterocycles. The molecule has 32 heavy (non-hydrogen) atoms. The van der Waals surface area contributed by atoms with Crippen LogP contribution in [0.5, 0.6) is 0 Å². The molecule has 162 valence electrons. The first-order valence-electron chi connectivity index (χ1n) is 11.4. The van der Waals surface area contributed by atoms with Crippen molar-refractivity contribution in [1.29, 1.82) is 0 Å². The fraction of sp³-hybridized carbons (Fsp3) is 0.370. The Balaban J connectivity index is 1.36. The normalized spacial score (nSPS) is 31.5. The van der Waals surface area contributed by atoms with Crippen LogP contribution in [0.2, 0.25) is 0 Å². The number of carbonyl (C=O) groups is 3. The zero-order valence-corrected chi connectivity index (χ0v) is 18.3. The second-order valence-corrected chi connectivity index (χ2v) is 9.79. The molecule has 5 nitrogen and oxygen atoms in total. The van der Waals surface area contributed by atoms with Crippen molar-refractivity contribution in [2.24, 2.45) is 35.5 Å².